The van der Waals surface area contributed by atoms with Crippen molar-refractivity contribution < 1.29 is 22.4 Å². The maximum absolute atomic E-state index is 13.0. The van der Waals surface area contributed by atoms with E-state index in [1.165, 1.54) is 0 Å². The molecule has 9 nitrogen and oxygen atoms in total. The van der Waals surface area contributed by atoms with Gasteiger partial charge in [0.05, 0.1) is 23.6 Å². The Morgan fingerprint density at radius 2 is 1.68 bits per heavy atom. The van der Waals surface area contributed by atoms with Crippen molar-refractivity contribution >= 4 is 21.5 Å². The minimum Gasteiger partial charge on any atom is -0.414 e. The van der Waals surface area contributed by atoms with E-state index in [1.807, 2.05) is 13.0 Å². The van der Waals surface area contributed by atoms with E-state index in [0.29, 0.717) is 24.0 Å². The standard InChI is InChI=1S/C24H28N4O5S/c1-2-3-14-20(21(29)24-28-27-23(33-24)18-12-8-5-9-13-18)26-22(30)19(25)16-34(31,32)15-17-10-6-4-7-11-17/h4-13,19-20H,2-3,14-16,25H2,1H3,(H,26,30). The highest BCUT2D eigenvalue weighted by molar-refractivity contribution is 7.90. The van der Waals surface area contributed by atoms with Crippen LogP contribution < -0.4 is 11.1 Å². The number of rotatable bonds is 12. The van der Waals surface area contributed by atoms with E-state index in [0.717, 1.165) is 6.42 Å². The van der Waals surface area contributed by atoms with Crippen LogP contribution in [0, 0.1) is 0 Å². The molecule has 0 aliphatic rings. The van der Waals surface area contributed by atoms with Gasteiger partial charge in [-0.1, -0.05) is 68.3 Å². The highest BCUT2D eigenvalue weighted by Crippen LogP contribution is 2.18. The van der Waals surface area contributed by atoms with Gasteiger partial charge in [-0.25, -0.2) is 8.42 Å². The van der Waals surface area contributed by atoms with Crippen LogP contribution in [0.3, 0.4) is 0 Å². The number of nitrogens with two attached hydrogens (primary N) is 1. The minimum atomic E-state index is -3.64. The maximum Gasteiger partial charge on any atom is 0.286 e. The SMILES string of the molecule is CCCCC(NC(=O)C(N)CS(=O)(=O)Cc1ccccc1)C(=O)c1nnc(-c2ccccc2)o1. The topological polar surface area (TPSA) is 145 Å². The molecule has 3 rings (SSSR count). The maximum atomic E-state index is 13.0. The first-order valence-corrected chi connectivity index (χ1v) is 12.8. The Morgan fingerprint density at radius 1 is 1.03 bits per heavy atom. The molecule has 2 aromatic carbocycles. The Morgan fingerprint density at radius 3 is 2.32 bits per heavy atom. The van der Waals surface area contributed by atoms with Gasteiger partial charge in [0.25, 0.3) is 5.89 Å². The molecule has 10 heteroatoms. The van der Waals surface area contributed by atoms with Crippen LogP contribution in [0.1, 0.15) is 42.4 Å². The van der Waals surface area contributed by atoms with Crippen molar-refractivity contribution in [1.29, 1.82) is 0 Å². The molecule has 2 unspecified atom stereocenters. The molecule has 2 atom stereocenters. The lowest BCUT2D eigenvalue weighted by Gasteiger charge is -2.19. The highest BCUT2D eigenvalue weighted by Gasteiger charge is 2.30. The summed E-state index contributed by atoms with van der Waals surface area (Å²) in [5.41, 5.74) is 7.17. The third kappa shape index (κ3) is 7.06. The molecule has 0 saturated heterocycles. The summed E-state index contributed by atoms with van der Waals surface area (Å²) >= 11 is 0. The Hall–Kier alpha value is -3.37. The number of carbonyl (C=O) groups is 2. The van der Waals surface area contributed by atoms with Crippen molar-refractivity contribution in [2.24, 2.45) is 5.73 Å². The van der Waals surface area contributed by atoms with Crippen LogP contribution in [-0.2, 0) is 20.4 Å². The molecule has 0 fully saturated rings. The zero-order chi connectivity index (χ0) is 24.6. The zero-order valence-corrected chi connectivity index (χ0v) is 19.7. The molecule has 1 aromatic heterocycles. The minimum absolute atomic E-state index is 0.188. The van der Waals surface area contributed by atoms with E-state index in [9.17, 15) is 18.0 Å². The number of carbonyl (C=O) groups excluding carboxylic acids is 2. The number of benzene rings is 2. The molecule has 180 valence electrons. The summed E-state index contributed by atoms with van der Waals surface area (Å²) in [7, 11) is -3.64. The number of ketones is 1. The number of sulfone groups is 1. The first-order valence-electron chi connectivity index (χ1n) is 11.0. The molecule has 3 N–H and O–H groups in total. The molecule has 0 radical (unpaired) electrons. The smallest absolute Gasteiger partial charge is 0.286 e. The normalized spacial score (nSPS) is 13.2. The molecule has 3 aromatic rings. The Kier molecular flexibility index (Phi) is 8.67. The first kappa shape index (κ1) is 25.3. The van der Waals surface area contributed by atoms with Gasteiger partial charge in [0.15, 0.2) is 9.84 Å². The number of hydrogen-bond acceptors (Lipinski definition) is 8. The monoisotopic (exact) mass is 484 g/mol. The van der Waals surface area contributed by atoms with Crippen LogP contribution in [0.25, 0.3) is 11.5 Å². The Labute approximate surface area is 198 Å². The highest BCUT2D eigenvalue weighted by atomic mass is 32.2. The second-order valence-electron chi connectivity index (χ2n) is 7.99. The molecule has 0 bridgehead atoms. The summed E-state index contributed by atoms with van der Waals surface area (Å²) in [6.45, 7) is 1.95. The number of nitrogens with one attached hydrogen (secondary N) is 1. The van der Waals surface area contributed by atoms with Gasteiger partial charge in [0, 0.05) is 5.56 Å². The summed E-state index contributed by atoms with van der Waals surface area (Å²) in [5, 5.41) is 10.3. The van der Waals surface area contributed by atoms with Gasteiger partial charge in [-0.05, 0) is 24.1 Å². The average Bonchev–Trinajstić information content (AvgIpc) is 3.32. The molecule has 0 aliphatic heterocycles. The molecular weight excluding hydrogens is 456 g/mol. The second kappa shape index (κ2) is 11.7. The van der Waals surface area contributed by atoms with Crippen LogP contribution in [0.4, 0.5) is 0 Å². The van der Waals surface area contributed by atoms with E-state index < -0.39 is 39.4 Å². The van der Waals surface area contributed by atoms with Crippen molar-refractivity contribution in [1.82, 2.24) is 15.5 Å². The molecular formula is C24H28N4O5S. The number of unbranched alkanes of at least 4 members (excludes halogenated alkanes) is 1. The van der Waals surface area contributed by atoms with Crippen LogP contribution in [-0.4, -0.2) is 48.1 Å². The van der Waals surface area contributed by atoms with Gasteiger partial charge in [0.2, 0.25) is 17.6 Å². The number of aromatic nitrogens is 2. The van der Waals surface area contributed by atoms with E-state index in [1.54, 1.807) is 54.6 Å². The van der Waals surface area contributed by atoms with Gasteiger partial charge in [-0.15, -0.1) is 10.2 Å². The van der Waals surface area contributed by atoms with Gasteiger partial charge in [0.1, 0.15) is 0 Å². The van der Waals surface area contributed by atoms with E-state index >= 15 is 0 Å². The predicted molar refractivity (Wildman–Crippen MR) is 127 cm³/mol. The lowest BCUT2D eigenvalue weighted by Crippen LogP contribution is -2.51. The van der Waals surface area contributed by atoms with Crippen molar-refractivity contribution in [2.75, 3.05) is 5.75 Å². The third-order valence-corrected chi connectivity index (χ3v) is 6.78. The number of hydrogen-bond donors (Lipinski definition) is 2. The van der Waals surface area contributed by atoms with Crippen molar-refractivity contribution in [2.45, 2.75) is 44.0 Å². The molecule has 0 saturated carbocycles. The summed E-state index contributed by atoms with van der Waals surface area (Å²) < 4.78 is 30.5. The summed E-state index contributed by atoms with van der Waals surface area (Å²) in [4.78, 5) is 25.7. The molecule has 34 heavy (non-hydrogen) atoms. The molecule has 1 amide bonds. The number of amides is 1. The fourth-order valence-electron chi connectivity index (χ4n) is 3.36. The van der Waals surface area contributed by atoms with Crippen LogP contribution in [0.5, 0.6) is 0 Å². The Balaban J connectivity index is 1.67. The fraction of sp³-hybridized carbons (Fsp3) is 0.333. The molecule has 0 aliphatic carbocycles. The van der Waals surface area contributed by atoms with Crippen molar-refractivity contribution in [3.63, 3.8) is 0 Å². The van der Waals surface area contributed by atoms with Gasteiger partial charge >= 0.3 is 0 Å². The van der Waals surface area contributed by atoms with E-state index in [4.69, 9.17) is 10.2 Å². The lowest BCUT2D eigenvalue weighted by atomic mass is 10.0. The van der Waals surface area contributed by atoms with E-state index in [-0.39, 0.29) is 17.5 Å². The molecule has 1 heterocycles. The fourth-order valence-corrected chi connectivity index (χ4v) is 4.88. The van der Waals surface area contributed by atoms with Crippen molar-refractivity contribution in [3.05, 3.63) is 72.1 Å². The van der Waals surface area contributed by atoms with Crippen LogP contribution in [0.15, 0.2) is 65.1 Å². The lowest BCUT2D eigenvalue weighted by molar-refractivity contribution is -0.122. The van der Waals surface area contributed by atoms with Crippen molar-refractivity contribution in [3.8, 4) is 11.5 Å². The molecule has 0 spiro atoms. The van der Waals surface area contributed by atoms with Crippen LogP contribution >= 0.6 is 0 Å². The number of nitrogens with zero attached hydrogens (tertiary/aromatic N) is 2. The number of Topliss-reactive ketones (excluding diaryl/α,β-unsaturated/α-hetero) is 1. The van der Waals surface area contributed by atoms with Gasteiger partial charge < -0.3 is 15.5 Å². The quantitative estimate of drug-likeness (QED) is 0.373. The zero-order valence-electron chi connectivity index (χ0n) is 18.9. The average molecular weight is 485 g/mol. The van der Waals surface area contributed by atoms with Gasteiger partial charge in [-0.2, -0.15) is 0 Å². The summed E-state index contributed by atoms with van der Waals surface area (Å²) in [6, 6.07) is 15.3. The summed E-state index contributed by atoms with van der Waals surface area (Å²) in [5.74, 6) is -2.08. The largest absolute Gasteiger partial charge is 0.414 e. The Bertz CT molecular complexity index is 1200. The second-order valence-corrected chi connectivity index (χ2v) is 10.1. The van der Waals surface area contributed by atoms with Gasteiger partial charge in [-0.3, -0.25) is 9.59 Å². The third-order valence-electron chi connectivity index (χ3n) is 5.14. The van der Waals surface area contributed by atoms with Crippen LogP contribution in [0.2, 0.25) is 0 Å². The van der Waals surface area contributed by atoms with E-state index in [2.05, 4.69) is 15.5 Å². The first-order chi connectivity index (χ1) is 16.3. The summed E-state index contributed by atoms with van der Waals surface area (Å²) in [6.07, 6.45) is 1.77. The predicted octanol–water partition coefficient (Wildman–Crippen LogP) is 2.54.